The molecule has 0 aromatic carbocycles. The van der Waals surface area contributed by atoms with Gasteiger partial charge in [0, 0.05) is 0 Å². The van der Waals surface area contributed by atoms with Crippen molar-refractivity contribution in [2.24, 2.45) is 0 Å². The first kappa shape index (κ1) is 16.2. The molecule has 0 fully saturated rings. The maximum absolute atomic E-state index is 8.88. The van der Waals surface area contributed by atoms with Gasteiger partial charge in [-0.3, -0.25) is 0 Å². The predicted octanol–water partition coefficient (Wildman–Crippen LogP) is -1.46. The Morgan fingerprint density at radius 2 is 1.22 bits per heavy atom. The second-order valence-electron chi connectivity index (χ2n) is 0.625. The van der Waals surface area contributed by atoms with Gasteiger partial charge in [-0.2, -0.15) is 0 Å². The third-order valence-corrected chi connectivity index (χ3v) is 0. The second kappa shape index (κ2) is 8.42. The van der Waals surface area contributed by atoms with Crippen LogP contribution in [0.1, 0.15) is 0 Å². The van der Waals surface area contributed by atoms with Crippen molar-refractivity contribution in [1.82, 2.24) is 4.91 Å². The standard InChI is InChI=1S/H2N3.Na.H3O4P.H/c1-3-2;;1-5(2,3)4;/h1-2H;;(H3,1,2,3,4);/q+1;;;. The van der Waals surface area contributed by atoms with Crippen LogP contribution >= 0.6 is 7.82 Å². The van der Waals surface area contributed by atoms with Crippen molar-refractivity contribution < 1.29 is 19.2 Å². The summed E-state index contributed by atoms with van der Waals surface area (Å²) in [5, 5.41) is 0. The SMILES string of the molecule is N=[N+]=N.O=P(O)(O)O.[NaH]. The molecule has 0 aliphatic rings. The summed E-state index contributed by atoms with van der Waals surface area (Å²) >= 11 is 0. The third-order valence-electron chi connectivity index (χ3n) is 0. The van der Waals surface area contributed by atoms with E-state index in [4.69, 9.17) is 30.3 Å². The molecule has 0 bridgehead atoms. The number of hydrogen-bond donors (Lipinski definition) is 5. The van der Waals surface area contributed by atoms with Crippen LogP contribution in [-0.4, -0.2) is 44.2 Å². The first-order valence-electron chi connectivity index (χ1n) is 1.23. The Morgan fingerprint density at radius 3 is 1.22 bits per heavy atom. The Bertz CT molecular complexity index is 114. The zero-order chi connectivity index (χ0) is 7.21. The Hall–Kier alpha value is 0.420. The Balaban J connectivity index is -0.0000000800. The first-order valence-corrected chi connectivity index (χ1v) is 2.79. The van der Waals surface area contributed by atoms with Gasteiger partial charge in [-0.15, -0.1) is 0 Å². The number of nitrogens with one attached hydrogen (secondary N) is 2. The van der Waals surface area contributed by atoms with E-state index < -0.39 is 7.82 Å². The number of rotatable bonds is 0. The van der Waals surface area contributed by atoms with Gasteiger partial charge in [-0.05, 0) is 0 Å². The molecule has 0 aliphatic heterocycles. The number of hydrogen-bond acceptors (Lipinski definition) is 3. The minimum atomic E-state index is -4.64. The molecule has 0 saturated carbocycles. The summed E-state index contributed by atoms with van der Waals surface area (Å²) in [4.78, 5) is 23.6. The molecule has 50 valence electrons. The molecule has 9 heavy (non-hydrogen) atoms. The Morgan fingerprint density at radius 1 is 1.22 bits per heavy atom. The normalized spacial score (nSPS) is 7.44. The molecular weight excluding hydrogens is 160 g/mol. The van der Waals surface area contributed by atoms with Crippen LogP contribution in [-0.2, 0) is 4.57 Å². The second-order valence-corrected chi connectivity index (χ2v) is 1.65. The monoisotopic (exact) mass is 166 g/mol. The molecular formula is H6N3NaO4P+. The average Bonchev–Trinajstić information content (AvgIpc) is 1.27. The zero-order valence-electron chi connectivity index (χ0n) is 3.64. The maximum atomic E-state index is 8.88. The van der Waals surface area contributed by atoms with Crippen LogP contribution in [0.4, 0.5) is 0 Å². The molecule has 0 heterocycles. The van der Waals surface area contributed by atoms with Crippen molar-refractivity contribution in [3.63, 3.8) is 0 Å². The molecule has 0 aromatic heterocycles. The molecule has 0 aliphatic carbocycles. The summed E-state index contributed by atoms with van der Waals surface area (Å²) in [7, 11) is -4.64. The summed E-state index contributed by atoms with van der Waals surface area (Å²) in [5.41, 5.74) is 11.0. The van der Waals surface area contributed by atoms with Gasteiger partial charge in [0.15, 0.2) is 0 Å². The zero-order valence-corrected chi connectivity index (χ0v) is 4.54. The van der Waals surface area contributed by atoms with Crippen molar-refractivity contribution >= 4 is 37.4 Å². The fourth-order valence-corrected chi connectivity index (χ4v) is 0. The van der Waals surface area contributed by atoms with E-state index in [-0.39, 0.29) is 29.6 Å². The van der Waals surface area contributed by atoms with E-state index >= 15 is 0 Å². The van der Waals surface area contributed by atoms with Gasteiger partial charge in [-0.1, -0.05) is 0 Å². The molecule has 0 spiro atoms. The summed E-state index contributed by atoms with van der Waals surface area (Å²) < 4.78 is 8.88. The molecule has 7 nitrogen and oxygen atoms in total. The molecule has 0 atom stereocenters. The molecule has 0 saturated heterocycles. The minimum absolute atomic E-state index is 0. The number of phosphoric acid groups is 1. The first-order chi connectivity index (χ1) is 3.41. The van der Waals surface area contributed by atoms with Crippen molar-refractivity contribution in [3.05, 3.63) is 0 Å². The van der Waals surface area contributed by atoms with Crippen LogP contribution in [0, 0.1) is 11.1 Å². The van der Waals surface area contributed by atoms with Gasteiger partial charge in [0.05, 0.1) is 0 Å². The van der Waals surface area contributed by atoms with Crippen molar-refractivity contribution in [2.45, 2.75) is 0 Å². The van der Waals surface area contributed by atoms with Crippen LogP contribution in [0.25, 0.3) is 0 Å². The van der Waals surface area contributed by atoms with E-state index in [9.17, 15) is 0 Å². The summed E-state index contributed by atoms with van der Waals surface area (Å²) in [5.74, 6) is 0. The number of nitrogens with zero attached hydrogens (tertiary/aromatic N) is 1. The molecule has 0 aromatic rings. The average molecular weight is 166 g/mol. The van der Waals surface area contributed by atoms with Crippen molar-refractivity contribution in [1.29, 1.82) is 11.1 Å². The molecule has 5 N–H and O–H groups in total. The van der Waals surface area contributed by atoms with Gasteiger partial charge in [-0.25, -0.2) is 4.57 Å². The van der Waals surface area contributed by atoms with E-state index in [1.807, 2.05) is 4.91 Å². The quantitative estimate of drug-likeness (QED) is 0.130. The van der Waals surface area contributed by atoms with Crippen molar-refractivity contribution in [2.75, 3.05) is 0 Å². The van der Waals surface area contributed by atoms with E-state index in [2.05, 4.69) is 0 Å². The van der Waals surface area contributed by atoms with Crippen LogP contribution in [0.15, 0.2) is 0 Å². The fourth-order valence-electron chi connectivity index (χ4n) is 0. The predicted molar refractivity (Wildman–Crippen MR) is 29.0 cm³/mol. The topological polar surface area (TPSA) is 140 Å². The molecule has 9 heteroatoms. The van der Waals surface area contributed by atoms with Crippen LogP contribution in [0.2, 0.25) is 0 Å². The van der Waals surface area contributed by atoms with E-state index in [0.717, 1.165) is 0 Å². The van der Waals surface area contributed by atoms with Gasteiger partial charge in [0.1, 0.15) is 11.1 Å². The molecule has 0 amide bonds. The molecule has 0 rings (SSSR count). The van der Waals surface area contributed by atoms with E-state index in [1.54, 1.807) is 0 Å². The third kappa shape index (κ3) is 1970. The molecule has 0 radical (unpaired) electrons. The molecule has 0 unspecified atom stereocenters. The Labute approximate surface area is 72.6 Å². The Kier molecular flexibility index (Phi) is 15.2. The summed E-state index contributed by atoms with van der Waals surface area (Å²) in [6.07, 6.45) is 0. The van der Waals surface area contributed by atoms with Gasteiger partial charge in [0.2, 0.25) is 4.91 Å². The van der Waals surface area contributed by atoms with E-state index in [0.29, 0.717) is 0 Å². The summed E-state index contributed by atoms with van der Waals surface area (Å²) in [6, 6.07) is 0. The van der Waals surface area contributed by atoms with Crippen LogP contribution < -0.4 is 4.91 Å². The van der Waals surface area contributed by atoms with Gasteiger partial charge >= 0.3 is 37.4 Å². The van der Waals surface area contributed by atoms with Gasteiger partial charge < -0.3 is 14.7 Å². The van der Waals surface area contributed by atoms with Crippen LogP contribution in [0.3, 0.4) is 0 Å². The van der Waals surface area contributed by atoms with E-state index in [1.165, 1.54) is 0 Å². The van der Waals surface area contributed by atoms with Crippen LogP contribution in [0.5, 0.6) is 0 Å². The summed E-state index contributed by atoms with van der Waals surface area (Å²) in [6.45, 7) is 0. The van der Waals surface area contributed by atoms with Gasteiger partial charge in [0.25, 0.3) is 0 Å². The van der Waals surface area contributed by atoms with Crippen molar-refractivity contribution in [3.8, 4) is 0 Å². The fraction of sp³-hybridized carbons (Fsp3) is 0.